The van der Waals surface area contributed by atoms with Gasteiger partial charge in [-0.2, -0.15) is 15.1 Å². The molecule has 0 spiro atoms. The number of fused-ring (bicyclic) bond motifs is 1. The highest BCUT2D eigenvalue weighted by Crippen LogP contribution is 2.34. The summed E-state index contributed by atoms with van der Waals surface area (Å²) < 4.78 is 14.5. The van der Waals surface area contributed by atoms with Gasteiger partial charge in [-0.05, 0) is 35.1 Å². The summed E-state index contributed by atoms with van der Waals surface area (Å²) in [6.45, 7) is 0.384. The van der Waals surface area contributed by atoms with Gasteiger partial charge in [0.25, 0.3) is 5.95 Å². The third-order valence-corrected chi connectivity index (χ3v) is 4.61. The van der Waals surface area contributed by atoms with Crippen LogP contribution < -0.4 is 5.32 Å². The number of thiophene rings is 1. The fourth-order valence-corrected chi connectivity index (χ4v) is 3.24. The summed E-state index contributed by atoms with van der Waals surface area (Å²) >= 11 is 0.974. The van der Waals surface area contributed by atoms with E-state index < -0.39 is 4.92 Å². The number of halogens is 1. The van der Waals surface area contributed by atoms with E-state index in [9.17, 15) is 14.5 Å². The number of nitro groups is 1. The summed E-state index contributed by atoms with van der Waals surface area (Å²) in [5, 5.41) is 18.9. The summed E-state index contributed by atoms with van der Waals surface area (Å²) in [6.07, 6.45) is 3.28. The van der Waals surface area contributed by atoms with E-state index in [1.54, 1.807) is 30.6 Å². The van der Waals surface area contributed by atoms with E-state index in [2.05, 4.69) is 20.4 Å². The predicted octanol–water partition coefficient (Wildman–Crippen LogP) is 3.54. The lowest BCUT2D eigenvalue weighted by atomic mass is 10.2. The topological polar surface area (TPSA) is 98.8 Å². The Labute approximate surface area is 150 Å². The van der Waals surface area contributed by atoms with Gasteiger partial charge >= 0.3 is 5.00 Å². The lowest BCUT2D eigenvalue weighted by molar-refractivity contribution is -0.380. The van der Waals surface area contributed by atoms with Gasteiger partial charge in [-0.25, -0.2) is 9.07 Å². The van der Waals surface area contributed by atoms with E-state index in [-0.39, 0.29) is 10.8 Å². The molecule has 0 aliphatic rings. The van der Waals surface area contributed by atoms with Gasteiger partial charge in [-0.15, -0.1) is 0 Å². The molecule has 4 aromatic rings. The van der Waals surface area contributed by atoms with E-state index in [0.717, 1.165) is 16.9 Å². The monoisotopic (exact) mass is 370 g/mol. The molecule has 0 amide bonds. The number of nitrogens with zero attached hydrogens (tertiary/aromatic N) is 5. The molecule has 26 heavy (non-hydrogen) atoms. The minimum atomic E-state index is -0.455. The maximum absolute atomic E-state index is 13.0. The fourth-order valence-electron chi connectivity index (χ4n) is 2.40. The minimum Gasteiger partial charge on any atom is -0.365 e. The summed E-state index contributed by atoms with van der Waals surface area (Å²) in [6, 6.07) is 9.24. The molecule has 10 heteroatoms. The molecule has 8 nitrogen and oxygen atoms in total. The van der Waals surface area contributed by atoms with Crippen LogP contribution in [0, 0.1) is 15.9 Å². The molecule has 0 radical (unpaired) electrons. The second-order valence-corrected chi connectivity index (χ2v) is 6.37. The Hall–Kier alpha value is -3.40. The first kappa shape index (κ1) is 16.1. The highest BCUT2D eigenvalue weighted by molar-refractivity contribution is 7.21. The molecule has 0 saturated heterocycles. The second-order valence-electron chi connectivity index (χ2n) is 5.36. The Morgan fingerprint density at radius 1 is 1.27 bits per heavy atom. The number of hydrogen-bond donors (Lipinski definition) is 1. The average Bonchev–Trinajstić information content (AvgIpc) is 3.30. The third kappa shape index (κ3) is 3.09. The molecule has 4 rings (SSSR count). The number of rotatable bonds is 5. The van der Waals surface area contributed by atoms with Crippen molar-refractivity contribution in [2.75, 3.05) is 5.32 Å². The van der Waals surface area contributed by atoms with E-state index in [1.807, 2.05) is 0 Å². The van der Waals surface area contributed by atoms with Gasteiger partial charge in [-0.3, -0.25) is 10.1 Å². The molecule has 0 unspecified atom stereocenters. The van der Waals surface area contributed by atoms with E-state index in [4.69, 9.17) is 0 Å². The van der Waals surface area contributed by atoms with Crippen LogP contribution in [-0.2, 0) is 6.54 Å². The SMILES string of the molecule is O=[N+]([O-])c1cc2c(NCc3ccc(F)cc3)nc(-n3cccn3)nc2s1. The normalized spacial score (nSPS) is 11.0. The number of anilines is 1. The zero-order valence-corrected chi connectivity index (χ0v) is 14.0. The molecule has 1 aromatic carbocycles. The average molecular weight is 370 g/mol. The molecule has 0 fully saturated rings. The summed E-state index contributed by atoms with van der Waals surface area (Å²) in [5.74, 6) is 0.447. The Morgan fingerprint density at radius 2 is 2.08 bits per heavy atom. The van der Waals surface area contributed by atoms with Gasteiger partial charge in [0.2, 0.25) is 0 Å². The van der Waals surface area contributed by atoms with E-state index in [0.29, 0.717) is 28.5 Å². The highest BCUT2D eigenvalue weighted by atomic mass is 32.1. The number of aromatic nitrogens is 4. The van der Waals surface area contributed by atoms with Crippen molar-refractivity contribution >= 4 is 32.4 Å². The largest absolute Gasteiger partial charge is 0.365 e. The smallest absolute Gasteiger partial charge is 0.326 e. The van der Waals surface area contributed by atoms with Crippen LogP contribution in [-0.4, -0.2) is 24.7 Å². The lowest BCUT2D eigenvalue weighted by Crippen LogP contribution is -2.07. The quantitative estimate of drug-likeness (QED) is 0.426. The van der Waals surface area contributed by atoms with Crippen LogP contribution in [0.5, 0.6) is 0 Å². The van der Waals surface area contributed by atoms with Crippen molar-refractivity contribution < 1.29 is 9.31 Å². The Bertz CT molecular complexity index is 1080. The van der Waals surface area contributed by atoms with Crippen LogP contribution >= 0.6 is 11.3 Å². The van der Waals surface area contributed by atoms with Gasteiger partial charge in [0.05, 0.1) is 10.3 Å². The van der Waals surface area contributed by atoms with Gasteiger partial charge in [0.1, 0.15) is 16.5 Å². The van der Waals surface area contributed by atoms with Crippen molar-refractivity contribution in [1.29, 1.82) is 0 Å². The summed E-state index contributed by atoms with van der Waals surface area (Å²) in [5.41, 5.74) is 0.850. The molecule has 0 saturated carbocycles. The number of benzene rings is 1. The molecule has 0 atom stereocenters. The van der Waals surface area contributed by atoms with Gasteiger partial charge in [-0.1, -0.05) is 12.1 Å². The molecule has 1 N–H and O–H groups in total. The van der Waals surface area contributed by atoms with Crippen molar-refractivity contribution in [1.82, 2.24) is 19.7 Å². The fraction of sp³-hybridized carbons (Fsp3) is 0.0625. The van der Waals surface area contributed by atoms with Crippen molar-refractivity contribution in [2.24, 2.45) is 0 Å². The summed E-state index contributed by atoms with van der Waals surface area (Å²) in [7, 11) is 0. The molecule has 3 aromatic heterocycles. The second kappa shape index (κ2) is 6.48. The Morgan fingerprint density at radius 3 is 2.77 bits per heavy atom. The van der Waals surface area contributed by atoms with Crippen LogP contribution in [0.15, 0.2) is 48.8 Å². The van der Waals surface area contributed by atoms with Crippen LogP contribution in [0.1, 0.15) is 5.56 Å². The Kier molecular flexibility index (Phi) is 4.01. The molecule has 0 bridgehead atoms. The van der Waals surface area contributed by atoms with Gasteiger partial charge < -0.3 is 5.32 Å². The first-order valence-corrected chi connectivity index (χ1v) is 8.36. The Balaban J connectivity index is 1.74. The zero-order valence-electron chi connectivity index (χ0n) is 13.2. The van der Waals surface area contributed by atoms with Gasteiger partial charge in [0, 0.05) is 25.0 Å². The first-order valence-electron chi connectivity index (χ1n) is 7.54. The maximum atomic E-state index is 13.0. The van der Waals surface area contributed by atoms with Crippen molar-refractivity contribution in [3.8, 4) is 5.95 Å². The van der Waals surface area contributed by atoms with Crippen molar-refractivity contribution in [3.63, 3.8) is 0 Å². The standard InChI is InChI=1S/C16H11FN6O2S/c17-11-4-2-10(3-5-11)9-18-14-12-8-13(23(24)25)26-15(12)21-16(20-14)22-7-1-6-19-22/h1-8H,9H2,(H,18,20,21). The predicted molar refractivity (Wildman–Crippen MR) is 94.9 cm³/mol. The molecular formula is C16H11FN6O2S. The highest BCUT2D eigenvalue weighted by Gasteiger charge is 2.18. The molecule has 130 valence electrons. The van der Waals surface area contributed by atoms with Crippen LogP contribution in [0.2, 0.25) is 0 Å². The van der Waals surface area contributed by atoms with Crippen molar-refractivity contribution in [3.05, 3.63) is 70.3 Å². The minimum absolute atomic E-state index is 0.0169. The number of nitrogens with one attached hydrogen (secondary N) is 1. The third-order valence-electron chi connectivity index (χ3n) is 3.63. The number of hydrogen-bond acceptors (Lipinski definition) is 7. The lowest BCUT2D eigenvalue weighted by Gasteiger charge is -2.09. The van der Waals surface area contributed by atoms with E-state index in [1.165, 1.54) is 22.9 Å². The molecule has 0 aliphatic carbocycles. The maximum Gasteiger partial charge on any atom is 0.326 e. The zero-order chi connectivity index (χ0) is 18.1. The molecule has 3 heterocycles. The van der Waals surface area contributed by atoms with Gasteiger partial charge in [0.15, 0.2) is 0 Å². The van der Waals surface area contributed by atoms with E-state index >= 15 is 0 Å². The van der Waals surface area contributed by atoms with Crippen LogP contribution in [0.3, 0.4) is 0 Å². The van der Waals surface area contributed by atoms with Crippen molar-refractivity contribution in [2.45, 2.75) is 6.54 Å². The van der Waals surface area contributed by atoms with Crippen LogP contribution in [0.25, 0.3) is 16.2 Å². The summed E-state index contributed by atoms with van der Waals surface area (Å²) in [4.78, 5) is 19.9. The first-order chi connectivity index (χ1) is 12.6. The van der Waals surface area contributed by atoms with Crippen LogP contribution in [0.4, 0.5) is 15.2 Å². The molecule has 0 aliphatic heterocycles. The molecular weight excluding hydrogens is 359 g/mol.